The lowest BCUT2D eigenvalue weighted by atomic mass is 9.77. The van der Waals surface area contributed by atoms with Crippen molar-refractivity contribution in [3.8, 4) is 22.6 Å². The van der Waals surface area contributed by atoms with Crippen molar-refractivity contribution >= 4 is 22.6 Å². The lowest BCUT2D eigenvalue weighted by Crippen LogP contribution is -2.42. The van der Waals surface area contributed by atoms with Gasteiger partial charge in [0.25, 0.3) is 5.91 Å². The van der Waals surface area contributed by atoms with Crippen molar-refractivity contribution < 1.29 is 14.3 Å². The Hall–Kier alpha value is -3.85. The first kappa shape index (κ1) is 20.1. The Balaban J connectivity index is 1.66. The zero-order valence-electron chi connectivity index (χ0n) is 17.3. The van der Waals surface area contributed by atoms with E-state index >= 15 is 4.39 Å². The van der Waals surface area contributed by atoms with Crippen molar-refractivity contribution in [1.29, 1.82) is 0 Å². The number of halogens is 1. The van der Waals surface area contributed by atoms with Crippen LogP contribution in [0, 0.1) is 5.82 Å². The number of nitrogen functional groups attached to an aromatic ring is 1. The molecule has 1 aliphatic rings. The van der Waals surface area contributed by atoms with Crippen molar-refractivity contribution in [3.63, 3.8) is 0 Å². The number of fused-ring (bicyclic) bond motifs is 1. The predicted octanol–water partition coefficient (Wildman–Crippen LogP) is 3.07. The van der Waals surface area contributed by atoms with E-state index in [1.165, 1.54) is 10.7 Å². The number of benzene rings is 1. The van der Waals surface area contributed by atoms with Crippen LogP contribution in [0.5, 0.6) is 0 Å². The standard InChI is InChI=1S/C23H21FN6O2/c1-23(32)10-13(11-23)30-21(25)17(22(26)31)20(29-30)14-7-5-12-6-8-16(28-19(12)18(14)24)15-4-2-3-9-27-15/h2-9,13,32H,10-11,25H2,1H3,(H2,26,31)/t13-,23+. The van der Waals surface area contributed by atoms with Gasteiger partial charge in [-0.15, -0.1) is 0 Å². The summed E-state index contributed by atoms with van der Waals surface area (Å²) in [7, 11) is 0. The van der Waals surface area contributed by atoms with Crippen LogP contribution in [0.25, 0.3) is 33.5 Å². The van der Waals surface area contributed by atoms with E-state index in [2.05, 4.69) is 15.1 Å². The first-order chi connectivity index (χ1) is 15.2. The number of pyridine rings is 2. The van der Waals surface area contributed by atoms with Gasteiger partial charge in [0.15, 0.2) is 5.82 Å². The molecule has 0 spiro atoms. The Morgan fingerprint density at radius 1 is 1.19 bits per heavy atom. The molecule has 32 heavy (non-hydrogen) atoms. The topological polar surface area (TPSA) is 133 Å². The third-order valence-corrected chi connectivity index (χ3v) is 5.87. The molecule has 0 atom stereocenters. The van der Waals surface area contributed by atoms with Crippen LogP contribution in [0.4, 0.5) is 10.2 Å². The van der Waals surface area contributed by atoms with E-state index in [0.29, 0.717) is 29.6 Å². The molecule has 3 aromatic heterocycles. The summed E-state index contributed by atoms with van der Waals surface area (Å²) in [5, 5.41) is 15.1. The molecule has 0 radical (unpaired) electrons. The van der Waals surface area contributed by atoms with Crippen molar-refractivity contribution in [2.24, 2.45) is 5.73 Å². The van der Waals surface area contributed by atoms with Crippen molar-refractivity contribution in [2.45, 2.75) is 31.4 Å². The maximum absolute atomic E-state index is 15.7. The van der Waals surface area contributed by atoms with Crippen molar-refractivity contribution in [2.75, 3.05) is 5.73 Å². The highest BCUT2D eigenvalue weighted by Gasteiger charge is 2.42. The molecule has 0 unspecified atom stereocenters. The first-order valence-corrected chi connectivity index (χ1v) is 10.2. The fourth-order valence-electron chi connectivity index (χ4n) is 4.28. The molecule has 3 heterocycles. The second-order valence-corrected chi connectivity index (χ2v) is 8.39. The van der Waals surface area contributed by atoms with Gasteiger partial charge >= 0.3 is 0 Å². The highest BCUT2D eigenvalue weighted by molar-refractivity contribution is 6.04. The van der Waals surface area contributed by atoms with E-state index in [-0.39, 0.29) is 34.2 Å². The molecule has 4 aromatic rings. The van der Waals surface area contributed by atoms with Crippen LogP contribution in [0.15, 0.2) is 48.7 Å². The van der Waals surface area contributed by atoms with Gasteiger partial charge in [-0.05, 0) is 44.0 Å². The van der Waals surface area contributed by atoms with Gasteiger partial charge in [-0.1, -0.05) is 18.2 Å². The fourth-order valence-corrected chi connectivity index (χ4v) is 4.28. The van der Waals surface area contributed by atoms with Gasteiger partial charge in [0, 0.05) is 17.1 Å². The number of carbonyl (C=O) groups excluding carboxylic acids is 1. The SMILES string of the molecule is C[C@]1(O)C[C@@H](n2nc(-c3ccc4ccc(-c5ccccn5)nc4c3F)c(C(N)=O)c2N)C1. The molecular formula is C23H21FN6O2. The zero-order chi connectivity index (χ0) is 22.6. The van der Waals surface area contributed by atoms with Crippen LogP contribution >= 0.6 is 0 Å². The second kappa shape index (κ2) is 7.10. The molecule has 5 rings (SSSR count). The van der Waals surface area contributed by atoms with E-state index in [9.17, 15) is 9.90 Å². The van der Waals surface area contributed by atoms with Gasteiger partial charge in [0.1, 0.15) is 22.6 Å². The molecule has 8 nitrogen and oxygen atoms in total. The molecule has 162 valence electrons. The number of hydrogen-bond acceptors (Lipinski definition) is 6. The molecule has 9 heteroatoms. The second-order valence-electron chi connectivity index (χ2n) is 8.39. The Bertz CT molecular complexity index is 1360. The van der Waals surface area contributed by atoms with Crippen molar-refractivity contribution in [3.05, 3.63) is 60.0 Å². The van der Waals surface area contributed by atoms with Gasteiger partial charge in [0.2, 0.25) is 0 Å². The monoisotopic (exact) mass is 432 g/mol. The average molecular weight is 432 g/mol. The molecule has 1 amide bonds. The smallest absolute Gasteiger partial charge is 0.254 e. The average Bonchev–Trinajstić information content (AvgIpc) is 3.09. The van der Waals surface area contributed by atoms with E-state index in [0.717, 1.165) is 0 Å². The van der Waals surface area contributed by atoms with Crippen LogP contribution < -0.4 is 11.5 Å². The van der Waals surface area contributed by atoms with E-state index in [4.69, 9.17) is 11.5 Å². The van der Waals surface area contributed by atoms with E-state index < -0.39 is 17.3 Å². The van der Waals surface area contributed by atoms with Gasteiger partial charge in [-0.2, -0.15) is 5.10 Å². The molecule has 0 saturated heterocycles. The normalized spacial score (nSPS) is 20.3. The Morgan fingerprint density at radius 2 is 1.94 bits per heavy atom. The number of nitrogens with two attached hydrogens (primary N) is 2. The Labute approximate surface area is 182 Å². The molecule has 0 bridgehead atoms. The minimum absolute atomic E-state index is 0.0457. The fraction of sp³-hybridized carbons (Fsp3) is 0.217. The number of anilines is 1. The molecule has 1 saturated carbocycles. The van der Waals surface area contributed by atoms with Crippen molar-refractivity contribution in [1.82, 2.24) is 19.7 Å². The summed E-state index contributed by atoms with van der Waals surface area (Å²) in [6.07, 6.45) is 2.48. The molecule has 1 fully saturated rings. The number of amides is 1. The number of carbonyl (C=O) groups is 1. The summed E-state index contributed by atoms with van der Waals surface area (Å²) in [5.41, 5.74) is 12.3. The molecule has 0 aliphatic heterocycles. The largest absolute Gasteiger partial charge is 0.390 e. The van der Waals surface area contributed by atoms with E-state index in [1.807, 2.05) is 6.07 Å². The van der Waals surface area contributed by atoms with Gasteiger partial charge < -0.3 is 16.6 Å². The van der Waals surface area contributed by atoms with Gasteiger partial charge in [-0.25, -0.2) is 14.1 Å². The molecule has 1 aromatic carbocycles. The highest BCUT2D eigenvalue weighted by Crippen LogP contribution is 2.43. The number of nitrogens with zero attached hydrogens (tertiary/aromatic N) is 4. The van der Waals surface area contributed by atoms with Crippen LogP contribution in [0.2, 0.25) is 0 Å². The summed E-state index contributed by atoms with van der Waals surface area (Å²) in [6.45, 7) is 1.72. The maximum atomic E-state index is 15.7. The minimum Gasteiger partial charge on any atom is -0.390 e. The van der Waals surface area contributed by atoms with Crippen LogP contribution in [0.1, 0.15) is 36.2 Å². The Kier molecular flexibility index (Phi) is 4.45. The summed E-state index contributed by atoms with van der Waals surface area (Å²) in [5.74, 6) is -1.37. The Morgan fingerprint density at radius 3 is 2.59 bits per heavy atom. The van der Waals surface area contributed by atoms with Crippen LogP contribution in [0.3, 0.4) is 0 Å². The third-order valence-electron chi connectivity index (χ3n) is 5.87. The number of rotatable bonds is 4. The molecular weight excluding hydrogens is 411 g/mol. The van der Waals surface area contributed by atoms with Crippen LogP contribution in [-0.2, 0) is 0 Å². The summed E-state index contributed by atoms with van der Waals surface area (Å²) in [6, 6.07) is 12.0. The highest BCUT2D eigenvalue weighted by atomic mass is 19.1. The summed E-state index contributed by atoms with van der Waals surface area (Å²) >= 11 is 0. The molecule has 5 N–H and O–H groups in total. The minimum atomic E-state index is -0.823. The van der Waals surface area contributed by atoms with E-state index in [1.54, 1.807) is 43.5 Å². The number of aliphatic hydroxyl groups is 1. The summed E-state index contributed by atoms with van der Waals surface area (Å²) in [4.78, 5) is 20.9. The lowest BCUT2D eigenvalue weighted by Gasteiger charge is -2.41. The number of aromatic nitrogens is 4. The quantitative estimate of drug-likeness (QED) is 0.454. The third kappa shape index (κ3) is 3.18. The summed E-state index contributed by atoms with van der Waals surface area (Å²) < 4.78 is 17.1. The first-order valence-electron chi connectivity index (χ1n) is 10.2. The molecule has 1 aliphatic carbocycles. The maximum Gasteiger partial charge on any atom is 0.254 e. The number of hydrogen-bond donors (Lipinski definition) is 3. The zero-order valence-corrected chi connectivity index (χ0v) is 17.3. The predicted molar refractivity (Wildman–Crippen MR) is 118 cm³/mol. The van der Waals surface area contributed by atoms with Gasteiger partial charge in [-0.3, -0.25) is 9.78 Å². The number of primary amides is 1. The van der Waals surface area contributed by atoms with Gasteiger partial charge in [0.05, 0.1) is 23.0 Å². The van der Waals surface area contributed by atoms with Crippen LogP contribution in [-0.4, -0.2) is 36.4 Å². The lowest BCUT2D eigenvalue weighted by molar-refractivity contribution is -0.0535.